The maximum atomic E-state index is 12.8. The van der Waals surface area contributed by atoms with Gasteiger partial charge in [0, 0.05) is 5.92 Å². The second-order valence-corrected chi connectivity index (χ2v) is 8.89. The van der Waals surface area contributed by atoms with Gasteiger partial charge in [-0.2, -0.15) is 0 Å². The Labute approximate surface area is 155 Å². The van der Waals surface area contributed by atoms with Crippen LogP contribution in [-0.2, 0) is 21.2 Å². The Hall–Kier alpha value is -2.20. The molecule has 1 aromatic heterocycles. The number of hydrogen-bond donors (Lipinski definition) is 2. The number of benzene rings is 1. The van der Waals surface area contributed by atoms with E-state index in [-0.39, 0.29) is 21.7 Å². The summed E-state index contributed by atoms with van der Waals surface area (Å²) in [6.07, 6.45) is 2.22. The van der Waals surface area contributed by atoms with Crippen LogP contribution >= 0.6 is 11.3 Å². The number of methoxy groups -OCH3 is 1. The average Bonchev–Trinajstić information content (AvgIpc) is 3.19. The molecule has 3 N–H and O–H groups in total. The number of fused-ring (bicyclic) bond motifs is 1. The van der Waals surface area contributed by atoms with Crippen LogP contribution in [0, 0.1) is 6.42 Å². The van der Waals surface area contributed by atoms with Crippen molar-refractivity contribution in [3.63, 3.8) is 0 Å². The van der Waals surface area contributed by atoms with Crippen LogP contribution in [0.5, 0.6) is 5.75 Å². The number of carbonyl (C=O) groups excluding carboxylic acids is 1. The molecule has 1 atom stereocenters. The fourth-order valence-electron chi connectivity index (χ4n) is 2.77. The van der Waals surface area contributed by atoms with E-state index in [2.05, 4.69) is 14.9 Å². The van der Waals surface area contributed by atoms with E-state index in [9.17, 15) is 13.2 Å². The first kappa shape index (κ1) is 18.6. The fraction of sp³-hybridized carbons (Fsp3) is 0.375. The minimum atomic E-state index is -3.92. The number of rotatable bonds is 6. The van der Waals surface area contributed by atoms with E-state index in [1.165, 1.54) is 24.5 Å². The highest BCUT2D eigenvalue weighted by Crippen LogP contribution is 2.39. The Morgan fingerprint density at radius 3 is 2.69 bits per heavy atom. The van der Waals surface area contributed by atoms with Crippen molar-refractivity contribution in [2.75, 3.05) is 11.8 Å². The highest BCUT2D eigenvalue weighted by molar-refractivity contribution is 7.93. The number of primary amides is 1. The predicted molar refractivity (Wildman–Crippen MR) is 97.7 cm³/mol. The van der Waals surface area contributed by atoms with Crippen molar-refractivity contribution in [1.82, 2.24) is 10.2 Å². The monoisotopic (exact) mass is 395 g/mol. The van der Waals surface area contributed by atoms with Crippen LogP contribution in [0.15, 0.2) is 17.0 Å². The zero-order valence-corrected chi connectivity index (χ0v) is 16.1. The molecule has 139 valence electrons. The van der Waals surface area contributed by atoms with Gasteiger partial charge in [0.25, 0.3) is 10.0 Å². The molecule has 26 heavy (non-hydrogen) atoms. The maximum absolute atomic E-state index is 12.8. The van der Waals surface area contributed by atoms with E-state index in [1.54, 1.807) is 12.5 Å². The molecule has 0 spiro atoms. The molecule has 1 radical (unpaired) electrons. The highest BCUT2D eigenvalue weighted by Gasteiger charge is 2.31. The van der Waals surface area contributed by atoms with E-state index < -0.39 is 21.8 Å². The van der Waals surface area contributed by atoms with E-state index >= 15 is 0 Å². The summed E-state index contributed by atoms with van der Waals surface area (Å²) < 4.78 is 33.3. The molecule has 0 saturated heterocycles. The summed E-state index contributed by atoms with van der Waals surface area (Å²) in [6, 6.07) is 3.07. The zero-order valence-electron chi connectivity index (χ0n) is 14.5. The second-order valence-electron chi connectivity index (χ2n) is 6.23. The molecule has 0 saturated carbocycles. The molecule has 0 aliphatic heterocycles. The molecular formula is C16H19N4O4S2. The van der Waals surface area contributed by atoms with Crippen molar-refractivity contribution in [2.24, 2.45) is 5.73 Å². The van der Waals surface area contributed by atoms with Gasteiger partial charge in [0.2, 0.25) is 11.0 Å². The van der Waals surface area contributed by atoms with Crippen LogP contribution in [-0.4, -0.2) is 31.6 Å². The molecule has 0 bridgehead atoms. The second kappa shape index (κ2) is 6.84. The van der Waals surface area contributed by atoms with Crippen molar-refractivity contribution in [3.8, 4) is 5.75 Å². The Morgan fingerprint density at radius 2 is 2.12 bits per heavy atom. The summed E-state index contributed by atoms with van der Waals surface area (Å²) in [4.78, 5) is 11.5. The molecule has 3 rings (SSSR count). The van der Waals surface area contributed by atoms with Crippen LogP contribution in [0.25, 0.3) is 0 Å². The number of nitrogens with zero attached hydrogens (tertiary/aromatic N) is 2. The summed E-state index contributed by atoms with van der Waals surface area (Å²) in [6.45, 7) is 3.90. The molecule has 1 aliphatic rings. The minimum absolute atomic E-state index is 0.0152. The lowest BCUT2D eigenvalue weighted by Gasteiger charge is -2.14. The van der Waals surface area contributed by atoms with Crippen molar-refractivity contribution in [2.45, 2.75) is 37.0 Å². The third kappa shape index (κ3) is 3.38. The number of nitrogens with one attached hydrogen (secondary N) is 1. The number of sulfonamides is 1. The molecule has 1 amide bonds. The van der Waals surface area contributed by atoms with Crippen LogP contribution in [0.2, 0.25) is 0 Å². The number of amides is 1. The Bertz CT molecular complexity index is 953. The van der Waals surface area contributed by atoms with Crippen molar-refractivity contribution in [3.05, 3.63) is 34.7 Å². The molecule has 1 heterocycles. The quantitative estimate of drug-likeness (QED) is 0.768. The predicted octanol–water partition coefficient (Wildman–Crippen LogP) is 1.80. The van der Waals surface area contributed by atoms with Gasteiger partial charge in [0.15, 0.2) is 0 Å². The summed E-state index contributed by atoms with van der Waals surface area (Å²) in [5.74, 6) is -0.720. The topological polar surface area (TPSA) is 124 Å². The first-order valence-electron chi connectivity index (χ1n) is 7.92. The Kier molecular flexibility index (Phi) is 4.89. The van der Waals surface area contributed by atoms with Gasteiger partial charge < -0.3 is 10.5 Å². The molecule has 1 unspecified atom stereocenters. The Balaban J connectivity index is 1.98. The fourth-order valence-corrected chi connectivity index (χ4v) is 4.95. The first-order valence-corrected chi connectivity index (χ1v) is 10.2. The van der Waals surface area contributed by atoms with E-state index in [1.807, 2.05) is 13.8 Å². The summed E-state index contributed by atoms with van der Waals surface area (Å²) >= 11 is 1.19. The number of carbonyl (C=O) groups is 1. The minimum Gasteiger partial charge on any atom is -0.495 e. The lowest BCUT2D eigenvalue weighted by Crippen LogP contribution is -2.20. The molecule has 8 nitrogen and oxygen atoms in total. The number of ether oxygens (including phenoxy) is 1. The summed E-state index contributed by atoms with van der Waals surface area (Å²) in [5.41, 5.74) is 6.81. The number of anilines is 1. The SMILES string of the molecule is COc1cc2c(cc1S(=O)(=O)Nc1nnc(C(C)C)s1)C[CH]C2C(N)=O. The largest absolute Gasteiger partial charge is 0.495 e. The van der Waals surface area contributed by atoms with Crippen LogP contribution in [0.3, 0.4) is 0 Å². The van der Waals surface area contributed by atoms with Gasteiger partial charge in [0.05, 0.1) is 13.0 Å². The molecule has 0 fully saturated rings. The standard InChI is InChI=1S/C16H19N4O4S2/c1-8(2)15-18-19-16(25-15)20-26(22,23)13-6-9-4-5-10(14(17)21)11(9)7-12(13)24-3/h5-8,10H,4H2,1-3H3,(H2,17,21)(H,19,20). The van der Waals surface area contributed by atoms with E-state index in [0.717, 1.165) is 10.6 Å². The van der Waals surface area contributed by atoms with E-state index in [0.29, 0.717) is 12.0 Å². The van der Waals surface area contributed by atoms with E-state index in [4.69, 9.17) is 10.5 Å². The lowest BCUT2D eigenvalue weighted by molar-refractivity contribution is -0.118. The normalized spacial score (nSPS) is 16.5. The van der Waals surface area contributed by atoms with Crippen LogP contribution in [0.4, 0.5) is 5.13 Å². The molecule has 2 aromatic rings. The van der Waals surface area contributed by atoms with Gasteiger partial charge in [-0.1, -0.05) is 25.2 Å². The van der Waals surface area contributed by atoms with Crippen LogP contribution in [0.1, 0.15) is 41.8 Å². The number of aromatic nitrogens is 2. The number of hydrogen-bond acceptors (Lipinski definition) is 7. The summed E-state index contributed by atoms with van der Waals surface area (Å²) in [5, 5.41) is 8.79. The van der Waals surface area contributed by atoms with Gasteiger partial charge in [-0.3, -0.25) is 9.52 Å². The van der Waals surface area contributed by atoms with Crippen molar-refractivity contribution >= 4 is 32.4 Å². The van der Waals surface area contributed by atoms with Crippen molar-refractivity contribution in [1.29, 1.82) is 0 Å². The smallest absolute Gasteiger partial charge is 0.267 e. The Morgan fingerprint density at radius 1 is 1.38 bits per heavy atom. The maximum Gasteiger partial charge on any atom is 0.267 e. The first-order chi connectivity index (χ1) is 12.2. The average molecular weight is 395 g/mol. The van der Waals surface area contributed by atoms with Gasteiger partial charge in [-0.05, 0) is 36.1 Å². The third-order valence-electron chi connectivity index (χ3n) is 4.09. The third-order valence-corrected chi connectivity index (χ3v) is 6.71. The zero-order chi connectivity index (χ0) is 19.1. The molecule has 1 aliphatic carbocycles. The van der Waals surface area contributed by atoms with Gasteiger partial charge in [-0.15, -0.1) is 10.2 Å². The molecule has 1 aromatic carbocycles. The molecule has 10 heteroatoms. The van der Waals surface area contributed by atoms with Gasteiger partial charge >= 0.3 is 0 Å². The van der Waals surface area contributed by atoms with Gasteiger partial charge in [-0.25, -0.2) is 8.42 Å². The van der Waals surface area contributed by atoms with Gasteiger partial charge in [0.1, 0.15) is 15.7 Å². The van der Waals surface area contributed by atoms with Crippen LogP contribution < -0.4 is 15.2 Å². The number of nitrogens with two attached hydrogens (primary N) is 1. The summed E-state index contributed by atoms with van der Waals surface area (Å²) in [7, 11) is -2.55. The molecular weight excluding hydrogens is 376 g/mol. The highest BCUT2D eigenvalue weighted by atomic mass is 32.2. The van der Waals surface area contributed by atoms with Crippen molar-refractivity contribution < 1.29 is 17.9 Å². The lowest BCUT2D eigenvalue weighted by atomic mass is 10.0.